The molecule has 1 aromatic heterocycles. The van der Waals surface area contributed by atoms with Gasteiger partial charge in [0.1, 0.15) is 11.6 Å². The van der Waals surface area contributed by atoms with E-state index < -0.39 is 5.91 Å². The van der Waals surface area contributed by atoms with Crippen molar-refractivity contribution < 1.29 is 4.79 Å². The number of hydrogen-bond acceptors (Lipinski definition) is 3. The van der Waals surface area contributed by atoms with Crippen molar-refractivity contribution in [1.29, 1.82) is 5.26 Å². The van der Waals surface area contributed by atoms with Crippen molar-refractivity contribution in [2.24, 2.45) is 14.1 Å². The van der Waals surface area contributed by atoms with Gasteiger partial charge in [-0.2, -0.15) is 5.26 Å². The van der Waals surface area contributed by atoms with Gasteiger partial charge in [0.2, 0.25) is 0 Å². The molecule has 1 heterocycles. The normalized spacial score (nSPS) is 11.4. The number of imidazole rings is 1. The Morgan fingerprint density at radius 3 is 2.54 bits per heavy atom. The van der Waals surface area contributed by atoms with Crippen LogP contribution in [0.3, 0.4) is 0 Å². The number of nitrogens with one attached hydrogen (secondary N) is 1. The highest BCUT2D eigenvalue weighted by Gasteiger charge is 2.11. The van der Waals surface area contributed by atoms with Crippen LogP contribution in [0.2, 0.25) is 0 Å². The van der Waals surface area contributed by atoms with Crippen LogP contribution in [0.1, 0.15) is 17.5 Å². The van der Waals surface area contributed by atoms with Crippen LogP contribution in [-0.2, 0) is 25.3 Å². The Hall–Kier alpha value is -3.59. The fourth-order valence-electron chi connectivity index (χ4n) is 3.16. The third-order valence-corrected chi connectivity index (χ3v) is 4.74. The second-order valence-electron chi connectivity index (χ2n) is 6.66. The van der Waals surface area contributed by atoms with E-state index in [4.69, 9.17) is 0 Å². The molecule has 2 aromatic carbocycles. The number of benzene rings is 2. The van der Waals surface area contributed by atoms with Gasteiger partial charge in [0, 0.05) is 20.6 Å². The van der Waals surface area contributed by atoms with Crippen molar-refractivity contribution in [2.75, 3.05) is 6.54 Å². The van der Waals surface area contributed by atoms with Crippen LogP contribution in [0.25, 0.3) is 17.1 Å². The standard InChI is InChI=1S/C22H22N4O2/c1-25-19-11-10-17(14-20(19)26(2)22(25)28)13-18(15-23)21(27)24-12-6-9-16-7-4-3-5-8-16/h3-5,7-8,10-11,13-14H,6,9,12H2,1-2H3,(H,24,27)/b18-13-. The summed E-state index contributed by atoms with van der Waals surface area (Å²) in [7, 11) is 3.41. The van der Waals surface area contributed by atoms with E-state index in [1.54, 1.807) is 41.4 Å². The molecule has 0 unspecified atom stereocenters. The third kappa shape index (κ3) is 4.04. The van der Waals surface area contributed by atoms with E-state index in [9.17, 15) is 14.9 Å². The number of fused-ring (bicyclic) bond motifs is 1. The van der Waals surface area contributed by atoms with Gasteiger partial charge in [-0.25, -0.2) is 4.79 Å². The fourth-order valence-corrected chi connectivity index (χ4v) is 3.16. The summed E-state index contributed by atoms with van der Waals surface area (Å²) in [5.41, 5.74) is 3.39. The molecule has 0 atom stereocenters. The summed E-state index contributed by atoms with van der Waals surface area (Å²) in [5.74, 6) is -0.391. The van der Waals surface area contributed by atoms with Gasteiger partial charge in [-0.05, 0) is 42.2 Å². The quantitative estimate of drug-likeness (QED) is 0.409. The summed E-state index contributed by atoms with van der Waals surface area (Å²) in [4.78, 5) is 24.3. The molecule has 0 bridgehead atoms. The first-order chi connectivity index (χ1) is 13.5. The van der Waals surface area contributed by atoms with Crippen LogP contribution < -0.4 is 11.0 Å². The summed E-state index contributed by atoms with van der Waals surface area (Å²) in [6.07, 6.45) is 3.21. The first-order valence-electron chi connectivity index (χ1n) is 9.10. The fraction of sp³-hybridized carbons (Fsp3) is 0.227. The van der Waals surface area contributed by atoms with Crippen LogP contribution in [0.4, 0.5) is 0 Å². The topological polar surface area (TPSA) is 79.8 Å². The lowest BCUT2D eigenvalue weighted by Gasteiger charge is -2.05. The van der Waals surface area contributed by atoms with Crippen molar-refractivity contribution in [2.45, 2.75) is 12.8 Å². The molecule has 3 aromatic rings. The van der Waals surface area contributed by atoms with Crippen LogP contribution in [0.5, 0.6) is 0 Å². The minimum atomic E-state index is -0.391. The van der Waals surface area contributed by atoms with Crippen molar-refractivity contribution in [3.8, 4) is 6.07 Å². The predicted molar refractivity (Wildman–Crippen MR) is 110 cm³/mol. The Balaban J connectivity index is 1.68. The SMILES string of the molecule is Cn1c(=O)n(C)c2cc(/C=C(/C#N)C(=O)NCCCc3ccccc3)ccc21. The molecule has 142 valence electrons. The number of nitriles is 1. The Morgan fingerprint density at radius 2 is 1.82 bits per heavy atom. The van der Waals surface area contributed by atoms with Crippen LogP contribution in [0.15, 0.2) is 58.9 Å². The lowest BCUT2D eigenvalue weighted by Crippen LogP contribution is -2.25. The van der Waals surface area contributed by atoms with E-state index in [1.165, 1.54) is 5.56 Å². The van der Waals surface area contributed by atoms with Gasteiger partial charge in [-0.1, -0.05) is 36.4 Å². The number of carbonyl (C=O) groups is 1. The lowest BCUT2D eigenvalue weighted by molar-refractivity contribution is -0.117. The first-order valence-corrected chi connectivity index (χ1v) is 9.10. The molecule has 0 saturated heterocycles. The molecule has 0 radical (unpaired) electrons. The molecular weight excluding hydrogens is 352 g/mol. The third-order valence-electron chi connectivity index (χ3n) is 4.74. The Kier molecular flexibility index (Phi) is 5.75. The molecule has 0 aliphatic heterocycles. The van der Waals surface area contributed by atoms with Gasteiger partial charge < -0.3 is 5.32 Å². The molecule has 0 aliphatic carbocycles. The number of rotatable bonds is 6. The highest BCUT2D eigenvalue weighted by Crippen LogP contribution is 2.16. The molecule has 6 heteroatoms. The molecule has 0 aliphatic rings. The molecule has 0 saturated carbocycles. The van der Waals surface area contributed by atoms with Gasteiger partial charge in [0.15, 0.2) is 0 Å². The maximum Gasteiger partial charge on any atom is 0.328 e. The molecule has 0 fully saturated rings. The monoisotopic (exact) mass is 374 g/mol. The van der Waals surface area contributed by atoms with E-state index in [0.29, 0.717) is 12.1 Å². The average Bonchev–Trinajstić information content (AvgIpc) is 2.94. The van der Waals surface area contributed by atoms with E-state index in [2.05, 4.69) is 17.4 Å². The number of aryl methyl sites for hydroxylation is 3. The van der Waals surface area contributed by atoms with Gasteiger partial charge in [-0.15, -0.1) is 0 Å². The first kappa shape index (κ1) is 19.2. The summed E-state index contributed by atoms with van der Waals surface area (Å²) < 4.78 is 3.11. The van der Waals surface area contributed by atoms with E-state index in [1.807, 2.05) is 30.3 Å². The maximum absolute atomic E-state index is 12.3. The van der Waals surface area contributed by atoms with Crippen LogP contribution in [0, 0.1) is 11.3 Å². The number of nitrogens with zero attached hydrogens (tertiary/aromatic N) is 3. The minimum Gasteiger partial charge on any atom is -0.351 e. The summed E-state index contributed by atoms with van der Waals surface area (Å²) in [5, 5.41) is 12.2. The summed E-state index contributed by atoms with van der Waals surface area (Å²) in [6, 6.07) is 17.4. The maximum atomic E-state index is 12.3. The largest absolute Gasteiger partial charge is 0.351 e. The highest BCUT2D eigenvalue weighted by atomic mass is 16.2. The Morgan fingerprint density at radius 1 is 1.11 bits per heavy atom. The molecule has 6 nitrogen and oxygen atoms in total. The van der Waals surface area contributed by atoms with Crippen LogP contribution >= 0.6 is 0 Å². The second-order valence-corrected chi connectivity index (χ2v) is 6.66. The smallest absolute Gasteiger partial charge is 0.328 e. The number of aromatic nitrogens is 2. The minimum absolute atomic E-state index is 0.0417. The number of hydrogen-bond donors (Lipinski definition) is 1. The van der Waals surface area contributed by atoms with E-state index in [-0.39, 0.29) is 11.3 Å². The zero-order valence-corrected chi connectivity index (χ0v) is 16.0. The van der Waals surface area contributed by atoms with Crippen molar-refractivity contribution in [3.63, 3.8) is 0 Å². The number of carbonyl (C=O) groups excluding carboxylic acids is 1. The van der Waals surface area contributed by atoms with E-state index >= 15 is 0 Å². The van der Waals surface area contributed by atoms with Crippen molar-refractivity contribution in [1.82, 2.24) is 14.5 Å². The predicted octanol–water partition coefficient (Wildman–Crippen LogP) is 2.53. The van der Waals surface area contributed by atoms with Gasteiger partial charge in [0.05, 0.1) is 11.0 Å². The van der Waals surface area contributed by atoms with Gasteiger partial charge >= 0.3 is 5.69 Å². The lowest BCUT2D eigenvalue weighted by atomic mass is 10.1. The zero-order valence-electron chi connectivity index (χ0n) is 16.0. The Bertz CT molecular complexity index is 1130. The molecule has 1 N–H and O–H groups in total. The molecule has 1 amide bonds. The van der Waals surface area contributed by atoms with Crippen LogP contribution in [-0.4, -0.2) is 21.6 Å². The van der Waals surface area contributed by atoms with Crippen molar-refractivity contribution >= 4 is 23.0 Å². The average molecular weight is 374 g/mol. The number of amides is 1. The second kappa shape index (κ2) is 8.40. The van der Waals surface area contributed by atoms with Gasteiger partial charge in [-0.3, -0.25) is 13.9 Å². The Labute approximate surface area is 163 Å². The molecule has 0 spiro atoms. The molecular formula is C22H22N4O2. The summed E-state index contributed by atoms with van der Waals surface area (Å²) >= 11 is 0. The molecule has 28 heavy (non-hydrogen) atoms. The van der Waals surface area contributed by atoms with Crippen molar-refractivity contribution in [3.05, 3.63) is 75.7 Å². The van der Waals surface area contributed by atoms with E-state index in [0.717, 1.165) is 23.9 Å². The molecule has 3 rings (SSSR count). The summed E-state index contributed by atoms with van der Waals surface area (Å²) in [6.45, 7) is 0.499. The highest BCUT2D eigenvalue weighted by molar-refractivity contribution is 6.02. The van der Waals surface area contributed by atoms with Gasteiger partial charge in [0.25, 0.3) is 5.91 Å². The zero-order chi connectivity index (χ0) is 20.1.